The quantitative estimate of drug-likeness (QED) is 0.912. The maximum Gasteiger partial charge on any atom is 0.0931 e. The lowest BCUT2D eigenvalue weighted by Gasteiger charge is -2.09. The Kier molecular flexibility index (Phi) is 3.72. The first-order valence-electron chi connectivity index (χ1n) is 6.64. The fraction of sp³-hybridized carbons (Fsp3) is 0.400. The Morgan fingerprint density at radius 2 is 2.06 bits per heavy atom. The van der Waals surface area contributed by atoms with Gasteiger partial charge in [-0.05, 0) is 24.8 Å². The van der Waals surface area contributed by atoms with Crippen molar-refractivity contribution in [3.05, 3.63) is 51.5 Å². The molecule has 94 valence electrons. The highest BCUT2D eigenvalue weighted by Crippen LogP contribution is 2.22. The molecular weight excluding hydrogens is 240 g/mol. The number of aryl methyl sites for hydroxylation is 2. The zero-order valence-electron chi connectivity index (χ0n) is 10.5. The molecule has 1 N–H and O–H groups in total. The molecule has 3 heteroatoms. The molecule has 1 aliphatic heterocycles. The predicted molar refractivity (Wildman–Crippen MR) is 76.0 cm³/mol. The monoisotopic (exact) mass is 258 g/mol. The molecule has 0 fully saturated rings. The molecule has 0 radical (unpaired) electrons. The molecule has 0 bridgehead atoms. The summed E-state index contributed by atoms with van der Waals surface area (Å²) in [4.78, 5) is 6.22. The SMILES string of the molecule is c1ccc(CCCc2nc3c(s2)CNCC3)cc1. The minimum Gasteiger partial charge on any atom is -0.311 e. The summed E-state index contributed by atoms with van der Waals surface area (Å²) in [5.74, 6) is 0. The van der Waals surface area contributed by atoms with Crippen LogP contribution in [0.15, 0.2) is 30.3 Å². The van der Waals surface area contributed by atoms with Gasteiger partial charge in [0, 0.05) is 24.4 Å². The minimum atomic E-state index is 1.02. The van der Waals surface area contributed by atoms with Gasteiger partial charge in [0.05, 0.1) is 10.7 Å². The Hall–Kier alpha value is -1.19. The van der Waals surface area contributed by atoms with Crippen LogP contribution in [0.1, 0.15) is 27.6 Å². The number of benzene rings is 1. The van der Waals surface area contributed by atoms with Crippen molar-refractivity contribution in [3.8, 4) is 0 Å². The van der Waals surface area contributed by atoms with Crippen LogP contribution >= 0.6 is 11.3 Å². The molecule has 0 saturated heterocycles. The third-order valence-electron chi connectivity index (χ3n) is 3.35. The Morgan fingerprint density at radius 1 is 1.17 bits per heavy atom. The Bertz CT molecular complexity index is 481. The van der Waals surface area contributed by atoms with Gasteiger partial charge in [-0.2, -0.15) is 0 Å². The van der Waals surface area contributed by atoms with Crippen LogP contribution in [0.4, 0.5) is 0 Å². The minimum absolute atomic E-state index is 1.02. The summed E-state index contributed by atoms with van der Waals surface area (Å²) >= 11 is 1.90. The van der Waals surface area contributed by atoms with Crippen molar-refractivity contribution in [2.45, 2.75) is 32.2 Å². The number of nitrogens with zero attached hydrogens (tertiary/aromatic N) is 1. The maximum atomic E-state index is 4.76. The molecule has 2 aromatic rings. The van der Waals surface area contributed by atoms with Crippen LogP contribution in [0.5, 0.6) is 0 Å². The normalized spacial score (nSPS) is 14.4. The van der Waals surface area contributed by atoms with Crippen molar-refractivity contribution in [1.29, 1.82) is 0 Å². The Morgan fingerprint density at radius 3 is 2.89 bits per heavy atom. The maximum absolute atomic E-state index is 4.76. The van der Waals surface area contributed by atoms with Crippen LogP contribution < -0.4 is 5.32 Å². The molecule has 1 aromatic heterocycles. The van der Waals surface area contributed by atoms with Crippen molar-refractivity contribution in [2.75, 3.05) is 6.54 Å². The van der Waals surface area contributed by atoms with Crippen LogP contribution in [-0.2, 0) is 25.8 Å². The number of aromatic nitrogens is 1. The van der Waals surface area contributed by atoms with Crippen LogP contribution in [-0.4, -0.2) is 11.5 Å². The summed E-state index contributed by atoms with van der Waals surface area (Å²) < 4.78 is 0. The summed E-state index contributed by atoms with van der Waals surface area (Å²) in [6.07, 6.45) is 4.57. The first-order chi connectivity index (χ1) is 8.92. The van der Waals surface area contributed by atoms with Crippen LogP contribution in [0.2, 0.25) is 0 Å². The van der Waals surface area contributed by atoms with E-state index in [2.05, 4.69) is 35.6 Å². The smallest absolute Gasteiger partial charge is 0.0931 e. The van der Waals surface area contributed by atoms with Crippen molar-refractivity contribution in [3.63, 3.8) is 0 Å². The van der Waals surface area contributed by atoms with Gasteiger partial charge in [-0.15, -0.1) is 11.3 Å². The molecule has 1 aromatic carbocycles. The van der Waals surface area contributed by atoms with Gasteiger partial charge in [0.2, 0.25) is 0 Å². The van der Waals surface area contributed by atoms with Crippen LogP contribution in [0.3, 0.4) is 0 Å². The number of nitrogens with one attached hydrogen (secondary N) is 1. The highest BCUT2D eigenvalue weighted by molar-refractivity contribution is 7.11. The van der Waals surface area contributed by atoms with E-state index in [-0.39, 0.29) is 0 Å². The molecule has 0 amide bonds. The van der Waals surface area contributed by atoms with E-state index in [1.165, 1.54) is 27.6 Å². The number of thiazole rings is 1. The van der Waals surface area contributed by atoms with Gasteiger partial charge in [0.15, 0.2) is 0 Å². The predicted octanol–water partition coefficient (Wildman–Crippen LogP) is 2.96. The van der Waals surface area contributed by atoms with E-state index < -0.39 is 0 Å². The summed E-state index contributed by atoms with van der Waals surface area (Å²) in [5, 5.41) is 4.73. The average Bonchev–Trinajstić information content (AvgIpc) is 2.82. The topological polar surface area (TPSA) is 24.9 Å². The lowest BCUT2D eigenvalue weighted by Crippen LogP contribution is -2.22. The van der Waals surface area contributed by atoms with E-state index in [1.807, 2.05) is 11.3 Å². The molecule has 3 rings (SSSR count). The molecular formula is C15H18N2S. The van der Waals surface area contributed by atoms with Crippen molar-refractivity contribution < 1.29 is 0 Å². The van der Waals surface area contributed by atoms with Gasteiger partial charge in [-0.25, -0.2) is 4.98 Å². The largest absolute Gasteiger partial charge is 0.311 e. The van der Waals surface area contributed by atoms with Gasteiger partial charge < -0.3 is 5.32 Å². The molecule has 0 unspecified atom stereocenters. The molecule has 0 saturated carbocycles. The lowest BCUT2D eigenvalue weighted by atomic mass is 10.1. The molecule has 0 aliphatic carbocycles. The van der Waals surface area contributed by atoms with E-state index in [9.17, 15) is 0 Å². The second kappa shape index (κ2) is 5.63. The number of rotatable bonds is 4. The molecule has 0 spiro atoms. The highest BCUT2D eigenvalue weighted by Gasteiger charge is 2.14. The Labute approximate surface area is 112 Å². The summed E-state index contributed by atoms with van der Waals surface area (Å²) in [6.45, 7) is 2.10. The summed E-state index contributed by atoms with van der Waals surface area (Å²) in [5.41, 5.74) is 2.77. The van der Waals surface area contributed by atoms with Gasteiger partial charge in [-0.1, -0.05) is 30.3 Å². The zero-order valence-corrected chi connectivity index (χ0v) is 11.3. The number of fused-ring (bicyclic) bond motifs is 1. The van der Waals surface area contributed by atoms with E-state index in [1.54, 1.807) is 0 Å². The third-order valence-corrected chi connectivity index (χ3v) is 4.50. The zero-order chi connectivity index (χ0) is 12.2. The molecule has 1 aliphatic rings. The number of hydrogen-bond acceptors (Lipinski definition) is 3. The van der Waals surface area contributed by atoms with Crippen molar-refractivity contribution >= 4 is 11.3 Å². The second-order valence-corrected chi connectivity index (χ2v) is 5.91. The highest BCUT2D eigenvalue weighted by atomic mass is 32.1. The first kappa shape index (κ1) is 11.9. The standard InChI is InChI=1S/C15H18N2S/c1-2-5-12(6-3-1)7-4-8-15-17-13-9-10-16-11-14(13)18-15/h1-3,5-6,16H,4,7-11H2. The molecule has 2 heterocycles. The fourth-order valence-electron chi connectivity index (χ4n) is 2.37. The van der Waals surface area contributed by atoms with Crippen LogP contribution in [0, 0.1) is 0 Å². The van der Waals surface area contributed by atoms with Gasteiger partial charge in [0.25, 0.3) is 0 Å². The molecule has 2 nitrogen and oxygen atoms in total. The van der Waals surface area contributed by atoms with Gasteiger partial charge in [-0.3, -0.25) is 0 Å². The number of hydrogen-bond donors (Lipinski definition) is 1. The van der Waals surface area contributed by atoms with Gasteiger partial charge in [0.1, 0.15) is 0 Å². The average molecular weight is 258 g/mol. The van der Waals surface area contributed by atoms with Crippen molar-refractivity contribution in [2.24, 2.45) is 0 Å². The van der Waals surface area contributed by atoms with Crippen LogP contribution in [0.25, 0.3) is 0 Å². The van der Waals surface area contributed by atoms with E-state index >= 15 is 0 Å². The first-order valence-corrected chi connectivity index (χ1v) is 7.45. The summed E-state index contributed by atoms with van der Waals surface area (Å²) in [6, 6.07) is 10.7. The molecule has 0 atom stereocenters. The Balaban J connectivity index is 1.55. The van der Waals surface area contributed by atoms with E-state index in [4.69, 9.17) is 4.98 Å². The third kappa shape index (κ3) is 2.79. The molecule has 18 heavy (non-hydrogen) atoms. The van der Waals surface area contributed by atoms with E-state index in [0.29, 0.717) is 0 Å². The second-order valence-electron chi connectivity index (χ2n) is 4.74. The van der Waals surface area contributed by atoms with Gasteiger partial charge >= 0.3 is 0 Å². The summed E-state index contributed by atoms with van der Waals surface area (Å²) in [7, 11) is 0. The lowest BCUT2D eigenvalue weighted by molar-refractivity contribution is 0.642. The van der Waals surface area contributed by atoms with E-state index in [0.717, 1.165) is 32.4 Å². The van der Waals surface area contributed by atoms with Crippen molar-refractivity contribution in [1.82, 2.24) is 10.3 Å². The fourth-order valence-corrected chi connectivity index (χ4v) is 3.50.